The van der Waals surface area contributed by atoms with Crippen LogP contribution in [0.4, 0.5) is 5.82 Å². The summed E-state index contributed by atoms with van der Waals surface area (Å²) in [4.78, 5) is 9.18. The van der Waals surface area contributed by atoms with Crippen LogP contribution in [0.25, 0.3) is 0 Å². The van der Waals surface area contributed by atoms with E-state index in [0.29, 0.717) is 5.92 Å². The monoisotopic (exact) mass is 275 g/mol. The van der Waals surface area contributed by atoms with Gasteiger partial charge in [-0.1, -0.05) is 11.8 Å². The van der Waals surface area contributed by atoms with Gasteiger partial charge in [0.2, 0.25) is 0 Å². The zero-order valence-corrected chi connectivity index (χ0v) is 12.2. The molecule has 2 heterocycles. The van der Waals surface area contributed by atoms with Crippen molar-refractivity contribution in [3.05, 3.63) is 23.7 Å². The predicted octanol–water partition coefficient (Wildman–Crippen LogP) is 2.59. The number of nitrogens with one attached hydrogen (secondary N) is 1. The van der Waals surface area contributed by atoms with Crippen LogP contribution in [0.15, 0.2) is 22.2 Å². The van der Waals surface area contributed by atoms with E-state index in [-0.39, 0.29) is 0 Å². The van der Waals surface area contributed by atoms with Crippen molar-refractivity contribution in [2.75, 3.05) is 12.4 Å². The van der Waals surface area contributed by atoms with Crippen LogP contribution in [0.2, 0.25) is 0 Å². The number of rotatable bonds is 4. The SMILES string of the molecule is CNc1cc(Sc2cc(C)nn2C)nc(C2CC2)n1. The number of nitrogens with zero attached hydrogens (tertiary/aromatic N) is 4. The smallest absolute Gasteiger partial charge is 0.135 e. The third-order valence-electron chi connectivity index (χ3n) is 3.09. The molecule has 0 saturated heterocycles. The highest BCUT2D eigenvalue weighted by molar-refractivity contribution is 7.99. The fourth-order valence-electron chi connectivity index (χ4n) is 1.94. The van der Waals surface area contributed by atoms with Gasteiger partial charge in [-0.15, -0.1) is 0 Å². The van der Waals surface area contributed by atoms with E-state index in [2.05, 4.69) is 26.4 Å². The molecule has 1 N–H and O–H groups in total. The summed E-state index contributed by atoms with van der Waals surface area (Å²) in [6.07, 6.45) is 2.42. The standard InChI is InChI=1S/C13H17N5S/c1-8-6-12(18(3)17-8)19-11-7-10(14-2)15-13(16-11)9-4-5-9/h6-7,9H,4-5H2,1-3H3,(H,14,15,16). The molecule has 2 aromatic heterocycles. The van der Waals surface area contributed by atoms with Gasteiger partial charge in [0.1, 0.15) is 21.7 Å². The molecule has 1 aliphatic rings. The van der Waals surface area contributed by atoms with Crippen molar-refractivity contribution in [1.29, 1.82) is 0 Å². The molecule has 19 heavy (non-hydrogen) atoms. The molecular formula is C13H17N5S. The fourth-order valence-corrected chi connectivity index (χ4v) is 2.86. The van der Waals surface area contributed by atoms with E-state index in [1.165, 1.54) is 12.8 Å². The molecule has 0 aromatic carbocycles. The van der Waals surface area contributed by atoms with Gasteiger partial charge in [0.25, 0.3) is 0 Å². The number of aryl methyl sites for hydroxylation is 2. The van der Waals surface area contributed by atoms with Crippen LogP contribution in [-0.4, -0.2) is 26.8 Å². The first-order valence-corrected chi connectivity index (χ1v) is 7.22. The first kappa shape index (κ1) is 12.5. The maximum atomic E-state index is 4.66. The van der Waals surface area contributed by atoms with E-state index in [9.17, 15) is 0 Å². The molecule has 1 aliphatic carbocycles. The maximum Gasteiger partial charge on any atom is 0.135 e. The Labute approximate surface area is 116 Å². The molecule has 6 heteroatoms. The minimum atomic E-state index is 0.556. The third-order valence-corrected chi connectivity index (χ3v) is 4.10. The maximum absolute atomic E-state index is 4.66. The summed E-state index contributed by atoms with van der Waals surface area (Å²) in [6, 6.07) is 4.06. The van der Waals surface area contributed by atoms with Crippen LogP contribution in [0.3, 0.4) is 0 Å². The lowest BCUT2D eigenvalue weighted by molar-refractivity contribution is 0.691. The topological polar surface area (TPSA) is 55.6 Å². The van der Waals surface area contributed by atoms with Crippen LogP contribution in [0, 0.1) is 6.92 Å². The molecule has 1 saturated carbocycles. The van der Waals surface area contributed by atoms with Gasteiger partial charge in [-0.05, 0) is 25.8 Å². The van der Waals surface area contributed by atoms with E-state index in [1.54, 1.807) is 11.8 Å². The van der Waals surface area contributed by atoms with Crippen molar-refractivity contribution >= 4 is 17.6 Å². The minimum absolute atomic E-state index is 0.556. The zero-order valence-electron chi connectivity index (χ0n) is 11.3. The van der Waals surface area contributed by atoms with Crippen molar-refractivity contribution in [3.63, 3.8) is 0 Å². The second-order valence-corrected chi connectivity index (χ2v) is 5.86. The molecule has 0 amide bonds. The molecule has 0 unspecified atom stereocenters. The molecule has 2 aromatic rings. The van der Waals surface area contributed by atoms with E-state index in [0.717, 1.165) is 27.4 Å². The van der Waals surface area contributed by atoms with Crippen molar-refractivity contribution in [2.45, 2.75) is 35.7 Å². The summed E-state index contributed by atoms with van der Waals surface area (Å²) in [6.45, 7) is 2.00. The number of hydrogen-bond acceptors (Lipinski definition) is 5. The van der Waals surface area contributed by atoms with Gasteiger partial charge >= 0.3 is 0 Å². The Bertz CT molecular complexity index is 603. The van der Waals surface area contributed by atoms with Gasteiger partial charge in [0.05, 0.1) is 5.69 Å². The van der Waals surface area contributed by atoms with Gasteiger partial charge in [-0.3, -0.25) is 4.68 Å². The summed E-state index contributed by atoms with van der Waals surface area (Å²) in [5.74, 6) is 2.41. The normalized spacial score (nSPS) is 14.7. The van der Waals surface area contributed by atoms with E-state index < -0.39 is 0 Å². The van der Waals surface area contributed by atoms with Gasteiger partial charge in [0.15, 0.2) is 0 Å². The Morgan fingerprint density at radius 2 is 2.11 bits per heavy atom. The average Bonchev–Trinajstić information content (AvgIpc) is 3.17. The van der Waals surface area contributed by atoms with Crippen LogP contribution in [0.1, 0.15) is 30.3 Å². The Kier molecular flexibility index (Phi) is 3.18. The Morgan fingerprint density at radius 1 is 1.32 bits per heavy atom. The first-order chi connectivity index (χ1) is 9.15. The van der Waals surface area contributed by atoms with Crippen molar-refractivity contribution < 1.29 is 0 Å². The van der Waals surface area contributed by atoms with Gasteiger partial charge < -0.3 is 5.32 Å². The van der Waals surface area contributed by atoms with Crippen LogP contribution >= 0.6 is 11.8 Å². The average molecular weight is 275 g/mol. The number of hydrogen-bond donors (Lipinski definition) is 1. The number of aromatic nitrogens is 4. The summed E-state index contributed by atoms with van der Waals surface area (Å²) in [5, 5.41) is 9.54. The zero-order chi connectivity index (χ0) is 13.4. The molecular weight excluding hydrogens is 258 g/mol. The van der Waals surface area contributed by atoms with Crippen LogP contribution in [0.5, 0.6) is 0 Å². The predicted molar refractivity (Wildman–Crippen MR) is 75.6 cm³/mol. The second kappa shape index (κ2) is 4.85. The van der Waals surface area contributed by atoms with E-state index in [1.807, 2.05) is 31.8 Å². The van der Waals surface area contributed by atoms with Crippen molar-refractivity contribution in [1.82, 2.24) is 19.7 Å². The first-order valence-electron chi connectivity index (χ1n) is 6.41. The quantitative estimate of drug-likeness (QED) is 0.869. The minimum Gasteiger partial charge on any atom is -0.373 e. The molecule has 100 valence electrons. The second-order valence-electron chi connectivity index (χ2n) is 4.82. The lowest BCUT2D eigenvalue weighted by Crippen LogP contribution is -2.00. The largest absolute Gasteiger partial charge is 0.373 e. The molecule has 0 bridgehead atoms. The van der Waals surface area contributed by atoms with Crippen molar-refractivity contribution in [2.24, 2.45) is 7.05 Å². The van der Waals surface area contributed by atoms with Gasteiger partial charge in [-0.2, -0.15) is 5.10 Å². The van der Waals surface area contributed by atoms with Gasteiger partial charge in [0, 0.05) is 26.1 Å². The van der Waals surface area contributed by atoms with E-state index >= 15 is 0 Å². The lowest BCUT2D eigenvalue weighted by Gasteiger charge is -2.07. The van der Waals surface area contributed by atoms with Crippen molar-refractivity contribution in [3.8, 4) is 0 Å². The van der Waals surface area contributed by atoms with Gasteiger partial charge in [-0.25, -0.2) is 9.97 Å². The fraction of sp³-hybridized carbons (Fsp3) is 0.462. The summed E-state index contributed by atoms with van der Waals surface area (Å²) < 4.78 is 1.89. The summed E-state index contributed by atoms with van der Waals surface area (Å²) >= 11 is 1.63. The lowest BCUT2D eigenvalue weighted by atomic mass is 10.4. The molecule has 1 fully saturated rings. The molecule has 0 spiro atoms. The molecule has 5 nitrogen and oxygen atoms in total. The Balaban J connectivity index is 1.91. The highest BCUT2D eigenvalue weighted by Crippen LogP contribution is 2.39. The Morgan fingerprint density at radius 3 is 2.68 bits per heavy atom. The highest BCUT2D eigenvalue weighted by Gasteiger charge is 2.27. The van der Waals surface area contributed by atoms with Crippen LogP contribution < -0.4 is 5.32 Å². The number of anilines is 1. The van der Waals surface area contributed by atoms with E-state index in [4.69, 9.17) is 0 Å². The summed E-state index contributed by atoms with van der Waals surface area (Å²) in [7, 11) is 3.85. The molecule has 0 aliphatic heterocycles. The molecule has 3 rings (SSSR count). The highest BCUT2D eigenvalue weighted by atomic mass is 32.2. The Hall–Kier alpha value is -1.56. The molecule has 0 radical (unpaired) electrons. The summed E-state index contributed by atoms with van der Waals surface area (Å²) in [5.41, 5.74) is 1.02. The third kappa shape index (κ3) is 2.73. The van der Waals surface area contributed by atoms with Crippen LogP contribution in [-0.2, 0) is 7.05 Å². The molecule has 0 atom stereocenters.